The smallest absolute Gasteiger partial charge is 0.349 e. The molecule has 0 bridgehead atoms. The van der Waals surface area contributed by atoms with E-state index in [0.29, 0.717) is 42.9 Å². The summed E-state index contributed by atoms with van der Waals surface area (Å²) in [5, 5.41) is 11.3. The summed E-state index contributed by atoms with van der Waals surface area (Å²) in [6.45, 7) is 1.86. The van der Waals surface area contributed by atoms with E-state index in [2.05, 4.69) is 0 Å². The fraction of sp³-hybridized carbons (Fsp3) is 0.280. The van der Waals surface area contributed by atoms with E-state index in [9.17, 15) is 14.7 Å². The molecular weight excluding hydrogens is 392 g/mol. The van der Waals surface area contributed by atoms with Gasteiger partial charge in [-0.05, 0) is 49.1 Å². The summed E-state index contributed by atoms with van der Waals surface area (Å²) >= 11 is 0. The number of hydrogen-bond acceptors (Lipinski definition) is 5. The SMILES string of the molecule is O=C(O)C1(N2CCCC2)C=Cc2c(c3ccccc3oc2=O)N1CCc1ccccc1. The van der Waals surface area contributed by atoms with Gasteiger partial charge < -0.3 is 14.4 Å². The highest BCUT2D eigenvalue weighted by Gasteiger charge is 2.51. The predicted molar refractivity (Wildman–Crippen MR) is 120 cm³/mol. The summed E-state index contributed by atoms with van der Waals surface area (Å²) in [5.74, 6) is -0.929. The van der Waals surface area contributed by atoms with Crippen LogP contribution in [0.15, 0.2) is 69.9 Å². The summed E-state index contributed by atoms with van der Waals surface area (Å²) in [4.78, 5) is 29.6. The first-order chi connectivity index (χ1) is 15.1. The van der Waals surface area contributed by atoms with E-state index in [0.717, 1.165) is 23.8 Å². The van der Waals surface area contributed by atoms with Crippen molar-refractivity contribution in [2.75, 3.05) is 24.5 Å². The first-order valence-electron chi connectivity index (χ1n) is 10.7. The van der Waals surface area contributed by atoms with Crippen LogP contribution in [-0.2, 0) is 11.2 Å². The molecule has 158 valence electrons. The Bertz CT molecular complexity index is 1210. The van der Waals surface area contributed by atoms with E-state index < -0.39 is 17.3 Å². The Morgan fingerprint density at radius 2 is 1.74 bits per heavy atom. The van der Waals surface area contributed by atoms with Crippen molar-refractivity contribution in [2.45, 2.75) is 24.9 Å². The van der Waals surface area contributed by atoms with E-state index in [1.165, 1.54) is 0 Å². The minimum atomic E-state index is -1.34. The highest BCUT2D eigenvalue weighted by atomic mass is 16.4. The highest BCUT2D eigenvalue weighted by molar-refractivity contribution is 6.01. The number of hydrogen-bond donors (Lipinski definition) is 1. The lowest BCUT2D eigenvalue weighted by molar-refractivity contribution is -0.147. The number of rotatable bonds is 5. The zero-order valence-electron chi connectivity index (χ0n) is 17.2. The molecule has 31 heavy (non-hydrogen) atoms. The average molecular weight is 416 g/mol. The first-order valence-corrected chi connectivity index (χ1v) is 10.7. The predicted octanol–water partition coefficient (Wildman–Crippen LogP) is 3.75. The van der Waals surface area contributed by atoms with Crippen LogP contribution in [0.25, 0.3) is 17.0 Å². The molecule has 1 aromatic heterocycles. The molecule has 3 aromatic rings. The average Bonchev–Trinajstić information content (AvgIpc) is 3.33. The van der Waals surface area contributed by atoms with Crippen molar-refractivity contribution in [1.82, 2.24) is 4.90 Å². The molecule has 6 heteroatoms. The second-order valence-electron chi connectivity index (χ2n) is 8.09. The fourth-order valence-corrected chi connectivity index (χ4v) is 4.87. The zero-order valence-corrected chi connectivity index (χ0v) is 17.2. The third-order valence-electron chi connectivity index (χ3n) is 6.35. The third kappa shape index (κ3) is 3.15. The van der Waals surface area contributed by atoms with E-state index in [4.69, 9.17) is 4.42 Å². The summed E-state index contributed by atoms with van der Waals surface area (Å²) < 4.78 is 5.53. The van der Waals surface area contributed by atoms with Crippen molar-refractivity contribution in [3.05, 3.63) is 82.2 Å². The minimum absolute atomic E-state index is 0.405. The molecule has 2 aromatic carbocycles. The van der Waals surface area contributed by atoms with E-state index in [1.807, 2.05) is 58.3 Å². The van der Waals surface area contributed by atoms with Gasteiger partial charge in [0.2, 0.25) is 5.66 Å². The number of nitrogens with zero attached hydrogens (tertiary/aromatic N) is 2. The number of fused-ring (bicyclic) bond motifs is 3. The molecule has 2 aliphatic heterocycles. The number of likely N-dealkylation sites (tertiary alicyclic amines) is 1. The Kier molecular flexibility index (Phi) is 4.87. The summed E-state index contributed by atoms with van der Waals surface area (Å²) in [5.41, 5.74) is 0.838. The van der Waals surface area contributed by atoms with Gasteiger partial charge in [0, 0.05) is 25.0 Å². The van der Waals surface area contributed by atoms with Gasteiger partial charge in [0.1, 0.15) is 5.58 Å². The number of aliphatic carboxylic acids is 1. The molecule has 1 unspecified atom stereocenters. The van der Waals surface area contributed by atoms with E-state index in [-0.39, 0.29) is 0 Å². The molecule has 0 radical (unpaired) electrons. The van der Waals surface area contributed by atoms with Gasteiger partial charge in [0.25, 0.3) is 0 Å². The van der Waals surface area contributed by atoms with Gasteiger partial charge in [0.15, 0.2) is 0 Å². The fourth-order valence-electron chi connectivity index (χ4n) is 4.87. The lowest BCUT2D eigenvalue weighted by Crippen LogP contribution is -2.65. The standard InChI is InChI=1S/C25H24N2O4/c28-23-20-12-14-25(24(29)30,26-15-6-7-16-26)27(17-13-18-8-2-1-3-9-18)22(20)19-10-4-5-11-21(19)31-23/h1-5,8-12,14H,6-7,13,15-17H2,(H,29,30). The second kappa shape index (κ2) is 7.71. The van der Waals surface area contributed by atoms with Crippen LogP contribution in [0.2, 0.25) is 0 Å². The van der Waals surface area contributed by atoms with Crippen molar-refractivity contribution in [1.29, 1.82) is 0 Å². The molecule has 0 saturated carbocycles. The van der Waals surface area contributed by atoms with E-state index in [1.54, 1.807) is 18.2 Å². The molecule has 1 fully saturated rings. The van der Waals surface area contributed by atoms with Crippen LogP contribution in [0.1, 0.15) is 24.0 Å². The molecule has 1 atom stereocenters. The van der Waals surface area contributed by atoms with Crippen LogP contribution in [0.4, 0.5) is 5.69 Å². The van der Waals surface area contributed by atoms with Crippen LogP contribution < -0.4 is 10.5 Å². The van der Waals surface area contributed by atoms with Crippen molar-refractivity contribution in [3.8, 4) is 0 Å². The Hall–Kier alpha value is -3.38. The molecule has 1 saturated heterocycles. The Balaban J connectivity index is 1.72. The summed E-state index contributed by atoms with van der Waals surface area (Å²) in [6, 6.07) is 17.3. The van der Waals surface area contributed by atoms with Crippen molar-refractivity contribution in [3.63, 3.8) is 0 Å². The van der Waals surface area contributed by atoms with Gasteiger partial charge in [-0.3, -0.25) is 4.90 Å². The topological polar surface area (TPSA) is 74.0 Å². The molecule has 0 amide bonds. The summed E-state index contributed by atoms with van der Waals surface area (Å²) in [6.07, 6.45) is 5.88. The van der Waals surface area contributed by atoms with Gasteiger partial charge in [-0.15, -0.1) is 0 Å². The zero-order chi connectivity index (χ0) is 21.4. The molecule has 1 N–H and O–H groups in total. The van der Waals surface area contributed by atoms with Crippen molar-refractivity contribution >= 4 is 28.7 Å². The monoisotopic (exact) mass is 416 g/mol. The van der Waals surface area contributed by atoms with Crippen LogP contribution in [-0.4, -0.2) is 41.3 Å². The molecule has 0 aliphatic carbocycles. The largest absolute Gasteiger partial charge is 0.478 e. The molecule has 6 nitrogen and oxygen atoms in total. The van der Waals surface area contributed by atoms with Crippen molar-refractivity contribution in [2.24, 2.45) is 0 Å². The minimum Gasteiger partial charge on any atom is -0.478 e. The lowest BCUT2D eigenvalue weighted by atomic mass is 9.94. The Labute approximate surface area is 180 Å². The molecular formula is C25H24N2O4. The number of carboxylic acids is 1. The molecule has 0 spiro atoms. The molecule has 5 rings (SSSR count). The van der Waals surface area contributed by atoms with Gasteiger partial charge >= 0.3 is 11.6 Å². The second-order valence-corrected chi connectivity index (χ2v) is 8.09. The number of carboxylic acid groups (broad SMARTS) is 1. The van der Waals surface area contributed by atoms with Gasteiger partial charge in [-0.2, -0.15) is 0 Å². The maximum Gasteiger partial charge on any atom is 0.349 e. The Morgan fingerprint density at radius 1 is 1.03 bits per heavy atom. The van der Waals surface area contributed by atoms with Crippen molar-refractivity contribution < 1.29 is 14.3 Å². The van der Waals surface area contributed by atoms with Crippen LogP contribution >= 0.6 is 0 Å². The quantitative estimate of drug-likeness (QED) is 0.639. The van der Waals surface area contributed by atoms with Gasteiger partial charge in [-0.25, -0.2) is 9.59 Å². The first kappa shape index (κ1) is 19.6. The van der Waals surface area contributed by atoms with Crippen LogP contribution in [0.5, 0.6) is 0 Å². The Morgan fingerprint density at radius 3 is 2.48 bits per heavy atom. The number of carbonyl (C=O) groups is 1. The summed E-state index contributed by atoms with van der Waals surface area (Å²) in [7, 11) is 0. The normalized spacial score (nSPS) is 20.8. The number of benzene rings is 2. The lowest BCUT2D eigenvalue weighted by Gasteiger charge is -2.48. The van der Waals surface area contributed by atoms with Crippen LogP contribution in [0.3, 0.4) is 0 Å². The number of para-hydroxylation sites is 1. The third-order valence-corrected chi connectivity index (χ3v) is 6.35. The highest BCUT2D eigenvalue weighted by Crippen LogP contribution is 2.41. The number of anilines is 1. The van der Waals surface area contributed by atoms with Gasteiger partial charge in [-0.1, -0.05) is 42.5 Å². The molecule has 2 aliphatic rings. The maximum absolute atomic E-state index is 12.9. The molecule has 3 heterocycles. The van der Waals surface area contributed by atoms with E-state index >= 15 is 0 Å². The van der Waals surface area contributed by atoms with Gasteiger partial charge in [0.05, 0.1) is 11.3 Å². The van der Waals surface area contributed by atoms with Crippen LogP contribution in [0, 0.1) is 0 Å². The maximum atomic E-state index is 12.9.